The highest BCUT2D eigenvalue weighted by molar-refractivity contribution is 5.95. The Bertz CT molecular complexity index is 1090. The van der Waals surface area contributed by atoms with Crippen molar-refractivity contribution in [2.24, 2.45) is 0 Å². The number of para-hydroxylation sites is 1. The van der Waals surface area contributed by atoms with Gasteiger partial charge in [-0.25, -0.2) is 0 Å². The van der Waals surface area contributed by atoms with E-state index < -0.39 is 0 Å². The highest BCUT2D eigenvalue weighted by atomic mass is 16.5. The fourth-order valence-electron chi connectivity index (χ4n) is 3.66. The van der Waals surface area contributed by atoms with Gasteiger partial charge in [-0.2, -0.15) is 0 Å². The van der Waals surface area contributed by atoms with Crippen molar-refractivity contribution in [1.29, 1.82) is 0 Å². The van der Waals surface area contributed by atoms with Gasteiger partial charge in [0.05, 0.1) is 0 Å². The molecule has 2 aliphatic rings. The lowest BCUT2D eigenvalue weighted by Gasteiger charge is -2.23. The number of hydrogen-bond donors (Lipinski definition) is 1. The van der Waals surface area contributed by atoms with Gasteiger partial charge in [0.25, 0.3) is 11.8 Å². The van der Waals surface area contributed by atoms with Crippen molar-refractivity contribution in [2.45, 2.75) is 44.3 Å². The number of ether oxygens (including phenoxy) is 1. The maximum atomic E-state index is 13.2. The molecule has 2 fully saturated rings. The monoisotopic (exact) mass is 426 g/mol. The summed E-state index contributed by atoms with van der Waals surface area (Å²) in [5, 5.41) is 3.00. The summed E-state index contributed by atoms with van der Waals surface area (Å²) in [5.41, 5.74) is 2.34. The molecule has 5 rings (SSSR count). The van der Waals surface area contributed by atoms with Crippen LogP contribution >= 0.6 is 0 Å². The first kappa shape index (κ1) is 20.3. The first-order chi connectivity index (χ1) is 15.7. The average molecular weight is 427 g/mol. The summed E-state index contributed by atoms with van der Waals surface area (Å²) in [6.45, 7) is 0.538. The molecule has 0 aromatic heterocycles. The van der Waals surface area contributed by atoms with Gasteiger partial charge in [0, 0.05) is 29.8 Å². The summed E-state index contributed by atoms with van der Waals surface area (Å²) in [7, 11) is 0. The Labute approximate surface area is 188 Å². The molecule has 0 atom stereocenters. The zero-order valence-corrected chi connectivity index (χ0v) is 17.9. The zero-order chi connectivity index (χ0) is 21.9. The molecule has 32 heavy (non-hydrogen) atoms. The first-order valence-corrected chi connectivity index (χ1v) is 11.2. The van der Waals surface area contributed by atoms with Crippen LogP contribution in [0.2, 0.25) is 0 Å². The van der Waals surface area contributed by atoms with E-state index >= 15 is 0 Å². The molecular weight excluding hydrogens is 400 g/mol. The number of nitrogens with zero attached hydrogens (tertiary/aromatic N) is 1. The van der Waals surface area contributed by atoms with Crippen molar-refractivity contribution in [1.82, 2.24) is 10.2 Å². The van der Waals surface area contributed by atoms with Gasteiger partial charge in [-0.05, 0) is 79.8 Å². The Morgan fingerprint density at radius 1 is 0.781 bits per heavy atom. The predicted octanol–water partition coefficient (Wildman–Crippen LogP) is 5.18. The minimum absolute atomic E-state index is 0.0213. The van der Waals surface area contributed by atoms with Crippen LogP contribution in [0.5, 0.6) is 11.5 Å². The topological polar surface area (TPSA) is 58.6 Å². The van der Waals surface area contributed by atoms with E-state index in [0.717, 1.165) is 37.0 Å². The number of benzene rings is 3. The normalized spacial score (nSPS) is 15.1. The van der Waals surface area contributed by atoms with Crippen LogP contribution in [0.1, 0.15) is 52.0 Å². The third-order valence-electron chi connectivity index (χ3n) is 5.81. The molecule has 3 aromatic carbocycles. The Balaban J connectivity index is 1.24. The quantitative estimate of drug-likeness (QED) is 0.540. The lowest BCUT2D eigenvalue weighted by atomic mass is 10.1. The molecule has 1 N–H and O–H groups in total. The van der Waals surface area contributed by atoms with Crippen LogP contribution in [0.25, 0.3) is 0 Å². The predicted molar refractivity (Wildman–Crippen MR) is 123 cm³/mol. The highest BCUT2D eigenvalue weighted by Gasteiger charge is 2.33. The van der Waals surface area contributed by atoms with Crippen molar-refractivity contribution < 1.29 is 14.3 Å². The molecule has 0 unspecified atom stereocenters. The molecule has 5 heteroatoms. The molecule has 0 heterocycles. The van der Waals surface area contributed by atoms with Crippen LogP contribution in [-0.4, -0.2) is 28.8 Å². The van der Waals surface area contributed by atoms with Gasteiger partial charge in [0.15, 0.2) is 0 Å². The number of carbonyl (C=O) groups excluding carboxylic acids is 2. The molecule has 0 radical (unpaired) electrons. The van der Waals surface area contributed by atoms with E-state index in [1.54, 1.807) is 0 Å². The van der Waals surface area contributed by atoms with E-state index in [1.807, 2.05) is 83.8 Å². The summed E-state index contributed by atoms with van der Waals surface area (Å²) in [5.74, 6) is 1.47. The van der Waals surface area contributed by atoms with Crippen LogP contribution in [-0.2, 0) is 6.54 Å². The van der Waals surface area contributed by atoms with Crippen molar-refractivity contribution >= 4 is 11.8 Å². The summed E-state index contributed by atoms with van der Waals surface area (Å²) < 4.78 is 5.83. The highest BCUT2D eigenvalue weighted by Crippen LogP contribution is 2.30. The van der Waals surface area contributed by atoms with Gasteiger partial charge >= 0.3 is 0 Å². The number of carbonyl (C=O) groups is 2. The molecule has 0 saturated heterocycles. The molecule has 0 bridgehead atoms. The molecule has 2 saturated carbocycles. The van der Waals surface area contributed by atoms with Crippen LogP contribution < -0.4 is 10.1 Å². The molecule has 3 aromatic rings. The van der Waals surface area contributed by atoms with Gasteiger partial charge < -0.3 is 15.0 Å². The smallest absolute Gasteiger partial charge is 0.254 e. The maximum absolute atomic E-state index is 13.2. The minimum atomic E-state index is -0.0213. The van der Waals surface area contributed by atoms with E-state index in [1.165, 1.54) is 0 Å². The lowest BCUT2D eigenvalue weighted by Crippen LogP contribution is -2.32. The van der Waals surface area contributed by atoms with Crippen LogP contribution in [0, 0.1) is 0 Å². The lowest BCUT2D eigenvalue weighted by molar-refractivity contribution is 0.0729. The summed E-state index contributed by atoms with van der Waals surface area (Å²) in [4.78, 5) is 27.4. The summed E-state index contributed by atoms with van der Waals surface area (Å²) >= 11 is 0. The number of amides is 2. The van der Waals surface area contributed by atoms with Gasteiger partial charge in [-0.15, -0.1) is 0 Å². The Kier molecular flexibility index (Phi) is 5.63. The average Bonchev–Trinajstić information content (AvgIpc) is 3.74. The Morgan fingerprint density at radius 2 is 1.41 bits per heavy atom. The Morgan fingerprint density at radius 3 is 2.03 bits per heavy atom. The van der Waals surface area contributed by atoms with E-state index in [-0.39, 0.29) is 17.9 Å². The zero-order valence-electron chi connectivity index (χ0n) is 17.9. The van der Waals surface area contributed by atoms with Crippen LogP contribution in [0.15, 0.2) is 78.9 Å². The molecule has 2 aliphatic carbocycles. The van der Waals surface area contributed by atoms with E-state index in [9.17, 15) is 9.59 Å². The number of rotatable bonds is 8. The second-order valence-electron chi connectivity index (χ2n) is 8.55. The molecular formula is C27H26N2O3. The molecule has 162 valence electrons. The standard InChI is InChI=1S/C27H26N2O3/c30-26(28-22-12-13-22)20-8-6-19(7-9-20)18-29(23-14-15-23)27(31)21-10-16-25(17-11-21)32-24-4-2-1-3-5-24/h1-11,16-17,22-23H,12-15,18H2,(H,28,30). The second-order valence-corrected chi connectivity index (χ2v) is 8.55. The van der Waals surface area contributed by atoms with Crippen LogP contribution in [0.4, 0.5) is 0 Å². The number of nitrogens with one attached hydrogen (secondary N) is 1. The Hall–Kier alpha value is -3.60. The third kappa shape index (κ3) is 4.99. The van der Waals surface area contributed by atoms with Gasteiger partial charge in [-0.3, -0.25) is 9.59 Å². The van der Waals surface area contributed by atoms with E-state index in [4.69, 9.17) is 4.74 Å². The summed E-state index contributed by atoms with van der Waals surface area (Å²) in [6, 6.07) is 25.1. The van der Waals surface area contributed by atoms with Gasteiger partial charge in [0.2, 0.25) is 0 Å². The largest absolute Gasteiger partial charge is 0.457 e. The van der Waals surface area contributed by atoms with Gasteiger partial charge in [-0.1, -0.05) is 30.3 Å². The fourth-order valence-corrected chi connectivity index (χ4v) is 3.66. The molecule has 0 spiro atoms. The van der Waals surface area contributed by atoms with E-state index in [0.29, 0.717) is 29.5 Å². The molecule has 2 amide bonds. The SMILES string of the molecule is O=C(NC1CC1)c1ccc(CN(C(=O)c2ccc(Oc3ccccc3)cc2)C2CC2)cc1. The first-order valence-electron chi connectivity index (χ1n) is 11.2. The maximum Gasteiger partial charge on any atom is 0.254 e. The molecule has 5 nitrogen and oxygen atoms in total. The number of hydrogen-bond acceptors (Lipinski definition) is 3. The van der Waals surface area contributed by atoms with E-state index in [2.05, 4.69) is 5.32 Å². The molecule has 0 aliphatic heterocycles. The van der Waals surface area contributed by atoms with Gasteiger partial charge in [0.1, 0.15) is 11.5 Å². The van der Waals surface area contributed by atoms with Crippen molar-refractivity contribution in [2.75, 3.05) is 0 Å². The van der Waals surface area contributed by atoms with Crippen molar-refractivity contribution in [3.63, 3.8) is 0 Å². The fraction of sp³-hybridized carbons (Fsp3) is 0.259. The van der Waals surface area contributed by atoms with Crippen molar-refractivity contribution in [3.05, 3.63) is 95.6 Å². The summed E-state index contributed by atoms with van der Waals surface area (Å²) in [6.07, 6.45) is 4.20. The van der Waals surface area contributed by atoms with Crippen LogP contribution in [0.3, 0.4) is 0 Å². The third-order valence-corrected chi connectivity index (χ3v) is 5.81. The minimum Gasteiger partial charge on any atom is -0.457 e. The van der Waals surface area contributed by atoms with Crippen molar-refractivity contribution in [3.8, 4) is 11.5 Å². The second kappa shape index (κ2) is 8.87.